The number of hydrogen-bond donors (Lipinski definition) is 1. The zero-order valence-corrected chi connectivity index (χ0v) is 13.2. The van der Waals surface area contributed by atoms with Crippen molar-refractivity contribution in [2.75, 3.05) is 19.6 Å². The van der Waals surface area contributed by atoms with E-state index < -0.39 is 0 Å². The Labute approximate surface area is 120 Å². The van der Waals surface area contributed by atoms with Gasteiger partial charge in [0, 0.05) is 12.1 Å². The Balaban J connectivity index is 1.69. The molecule has 2 aliphatic rings. The third kappa shape index (κ3) is 4.46. The number of nitrogens with zero attached hydrogens (tertiary/aromatic N) is 1. The van der Waals surface area contributed by atoms with Crippen LogP contribution < -0.4 is 5.32 Å². The van der Waals surface area contributed by atoms with Gasteiger partial charge >= 0.3 is 0 Å². The maximum atomic E-state index is 3.53. The van der Waals surface area contributed by atoms with Crippen molar-refractivity contribution in [2.24, 2.45) is 5.92 Å². The van der Waals surface area contributed by atoms with E-state index in [9.17, 15) is 0 Å². The molecular weight excluding hydrogens is 232 g/mol. The van der Waals surface area contributed by atoms with Gasteiger partial charge in [-0.1, -0.05) is 19.8 Å². The molecule has 0 aromatic rings. The summed E-state index contributed by atoms with van der Waals surface area (Å²) in [6, 6.07) is 1.73. The molecule has 2 unspecified atom stereocenters. The van der Waals surface area contributed by atoms with Crippen LogP contribution in [-0.2, 0) is 0 Å². The Kier molecular flexibility index (Phi) is 6.66. The molecule has 2 fully saturated rings. The van der Waals surface area contributed by atoms with E-state index in [1.807, 2.05) is 0 Å². The highest BCUT2D eigenvalue weighted by Crippen LogP contribution is 2.36. The zero-order chi connectivity index (χ0) is 13.5. The molecule has 1 saturated carbocycles. The van der Waals surface area contributed by atoms with Crippen molar-refractivity contribution in [3.05, 3.63) is 0 Å². The summed E-state index contributed by atoms with van der Waals surface area (Å²) in [4.78, 5) is 2.86. The zero-order valence-electron chi connectivity index (χ0n) is 13.2. The van der Waals surface area contributed by atoms with Crippen LogP contribution in [0.1, 0.15) is 71.6 Å². The highest BCUT2D eigenvalue weighted by atomic mass is 15.2. The second-order valence-corrected chi connectivity index (χ2v) is 6.73. The molecule has 2 nitrogen and oxygen atoms in total. The Morgan fingerprint density at radius 1 is 1.11 bits per heavy atom. The van der Waals surface area contributed by atoms with Gasteiger partial charge in [-0.25, -0.2) is 0 Å². The minimum absolute atomic E-state index is 0.802. The summed E-state index contributed by atoms with van der Waals surface area (Å²) < 4.78 is 0. The summed E-state index contributed by atoms with van der Waals surface area (Å²) in [5.74, 6) is 1.03. The first-order valence-electron chi connectivity index (χ1n) is 8.79. The molecule has 0 spiro atoms. The normalized spacial score (nSPS) is 27.2. The SMILES string of the molecule is CCCNCCCC(C)N1CCCC1C1CCCC1. The Morgan fingerprint density at radius 2 is 1.89 bits per heavy atom. The smallest absolute Gasteiger partial charge is 0.0127 e. The summed E-state index contributed by atoms with van der Waals surface area (Å²) >= 11 is 0. The Bertz CT molecular complexity index is 235. The fraction of sp³-hybridized carbons (Fsp3) is 1.00. The van der Waals surface area contributed by atoms with E-state index in [2.05, 4.69) is 24.1 Å². The van der Waals surface area contributed by atoms with Gasteiger partial charge in [0.2, 0.25) is 0 Å². The van der Waals surface area contributed by atoms with Gasteiger partial charge in [-0.05, 0) is 77.4 Å². The molecule has 2 heteroatoms. The van der Waals surface area contributed by atoms with E-state index in [-0.39, 0.29) is 0 Å². The quantitative estimate of drug-likeness (QED) is 0.672. The molecule has 2 atom stereocenters. The fourth-order valence-corrected chi connectivity index (χ4v) is 4.20. The second kappa shape index (κ2) is 8.26. The van der Waals surface area contributed by atoms with Gasteiger partial charge in [-0.2, -0.15) is 0 Å². The van der Waals surface area contributed by atoms with E-state index in [4.69, 9.17) is 0 Å². The predicted octanol–water partition coefficient (Wildman–Crippen LogP) is 3.81. The molecular formula is C17H34N2. The molecule has 1 heterocycles. The molecule has 1 aliphatic heterocycles. The number of rotatable bonds is 8. The molecule has 112 valence electrons. The van der Waals surface area contributed by atoms with Crippen LogP contribution in [0.2, 0.25) is 0 Å². The van der Waals surface area contributed by atoms with Gasteiger partial charge in [0.15, 0.2) is 0 Å². The third-order valence-corrected chi connectivity index (χ3v) is 5.25. The number of likely N-dealkylation sites (tertiary alicyclic amines) is 1. The van der Waals surface area contributed by atoms with Gasteiger partial charge in [0.1, 0.15) is 0 Å². The topological polar surface area (TPSA) is 15.3 Å². The van der Waals surface area contributed by atoms with Crippen LogP contribution in [0, 0.1) is 5.92 Å². The molecule has 0 aromatic heterocycles. The van der Waals surface area contributed by atoms with E-state index in [0.717, 1.165) is 18.0 Å². The average molecular weight is 266 g/mol. The molecule has 0 amide bonds. The van der Waals surface area contributed by atoms with Crippen molar-refractivity contribution in [3.63, 3.8) is 0 Å². The molecule has 1 saturated heterocycles. The van der Waals surface area contributed by atoms with Crippen LogP contribution in [-0.4, -0.2) is 36.6 Å². The van der Waals surface area contributed by atoms with Crippen LogP contribution >= 0.6 is 0 Å². The summed E-state index contributed by atoms with van der Waals surface area (Å²) in [5, 5.41) is 3.53. The first-order valence-corrected chi connectivity index (χ1v) is 8.79. The van der Waals surface area contributed by atoms with Crippen LogP contribution in [0.3, 0.4) is 0 Å². The van der Waals surface area contributed by atoms with Crippen LogP contribution in [0.25, 0.3) is 0 Å². The molecule has 2 rings (SSSR count). The molecule has 19 heavy (non-hydrogen) atoms. The monoisotopic (exact) mass is 266 g/mol. The summed E-state index contributed by atoms with van der Waals surface area (Å²) in [7, 11) is 0. The standard InChI is InChI=1S/C17H34N2/c1-3-12-18-13-6-8-15(2)19-14-7-11-17(19)16-9-4-5-10-16/h15-18H,3-14H2,1-2H3. The summed E-state index contributed by atoms with van der Waals surface area (Å²) in [6.45, 7) is 8.47. The molecule has 1 N–H and O–H groups in total. The van der Waals surface area contributed by atoms with Gasteiger partial charge in [0.05, 0.1) is 0 Å². The summed E-state index contributed by atoms with van der Waals surface area (Å²) in [6.07, 6.45) is 12.9. The molecule has 0 aromatic carbocycles. The highest BCUT2D eigenvalue weighted by molar-refractivity contribution is 4.89. The summed E-state index contributed by atoms with van der Waals surface area (Å²) in [5.41, 5.74) is 0. The van der Waals surface area contributed by atoms with Crippen molar-refractivity contribution in [3.8, 4) is 0 Å². The maximum Gasteiger partial charge on any atom is 0.0127 e. The first kappa shape index (κ1) is 15.3. The van der Waals surface area contributed by atoms with Crippen LogP contribution in [0.4, 0.5) is 0 Å². The van der Waals surface area contributed by atoms with E-state index in [0.29, 0.717) is 0 Å². The molecule has 0 bridgehead atoms. The van der Waals surface area contributed by atoms with Gasteiger partial charge in [-0.15, -0.1) is 0 Å². The lowest BCUT2D eigenvalue weighted by atomic mass is 9.95. The highest BCUT2D eigenvalue weighted by Gasteiger charge is 2.35. The average Bonchev–Trinajstić information content (AvgIpc) is 3.08. The number of nitrogens with one attached hydrogen (secondary N) is 1. The van der Waals surface area contributed by atoms with Gasteiger partial charge < -0.3 is 5.32 Å². The largest absolute Gasteiger partial charge is 0.317 e. The lowest BCUT2D eigenvalue weighted by molar-refractivity contribution is 0.136. The predicted molar refractivity (Wildman–Crippen MR) is 83.5 cm³/mol. The molecule has 0 radical (unpaired) electrons. The lowest BCUT2D eigenvalue weighted by Gasteiger charge is -2.34. The minimum atomic E-state index is 0.802. The number of hydrogen-bond acceptors (Lipinski definition) is 2. The fourth-order valence-electron chi connectivity index (χ4n) is 4.20. The Morgan fingerprint density at radius 3 is 2.63 bits per heavy atom. The van der Waals surface area contributed by atoms with Crippen LogP contribution in [0.5, 0.6) is 0 Å². The second-order valence-electron chi connectivity index (χ2n) is 6.73. The van der Waals surface area contributed by atoms with Crippen molar-refractivity contribution in [2.45, 2.75) is 83.7 Å². The van der Waals surface area contributed by atoms with Crippen molar-refractivity contribution in [1.29, 1.82) is 0 Å². The van der Waals surface area contributed by atoms with Crippen LogP contribution in [0.15, 0.2) is 0 Å². The first-order chi connectivity index (χ1) is 9.33. The Hall–Kier alpha value is -0.0800. The van der Waals surface area contributed by atoms with E-state index >= 15 is 0 Å². The lowest BCUT2D eigenvalue weighted by Crippen LogP contribution is -2.41. The van der Waals surface area contributed by atoms with Gasteiger partial charge in [0.25, 0.3) is 0 Å². The maximum absolute atomic E-state index is 3.53. The van der Waals surface area contributed by atoms with E-state index in [1.165, 1.54) is 77.4 Å². The van der Waals surface area contributed by atoms with Crippen molar-refractivity contribution >= 4 is 0 Å². The van der Waals surface area contributed by atoms with E-state index in [1.54, 1.807) is 0 Å². The third-order valence-electron chi connectivity index (χ3n) is 5.25. The van der Waals surface area contributed by atoms with Crippen molar-refractivity contribution < 1.29 is 0 Å². The van der Waals surface area contributed by atoms with Gasteiger partial charge in [-0.3, -0.25) is 4.90 Å². The van der Waals surface area contributed by atoms with Crippen molar-refractivity contribution in [1.82, 2.24) is 10.2 Å². The minimum Gasteiger partial charge on any atom is -0.317 e. The molecule has 1 aliphatic carbocycles.